The van der Waals surface area contributed by atoms with E-state index in [4.69, 9.17) is 18.4 Å². The molecule has 132 valence electrons. The van der Waals surface area contributed by atoms with Gasteiger partial charge in [0.2, 0.25) is 11.8 Å². The van der Waals surface area contributed by atoms with Gasteiger partial charge in [0.05, 0.1) is 20.0 Å². The summed E-state index contributed by atoms with van der Waals surface area (Å²) in [5.74, 6) is 3.38. The number of thioether (sulfide) groups is 1. The summed E-state index contributed by atoms with van der Waals surface area (Å²) in [6.45, 7) is 2.07. The molecule has 0 atom stereocenters. The highest BCUT2D eigenvalue weighted by atomic mass is 32.2. The predicted octanol–water partition coefficient (Wildman–Crippen LogP) is 3.38. The Morgan fingerprint density at radius 1 is 1.12 bits per heavy atom. The van der Waals surface area contributed by atoms with Gasteiger partial charge >= 0.3 is 0 Å². The van der Waals surface area contributed by atoms with Gasteiger partial charge in [-0.1, -0.05) is 23.8 Å². The standard InChI is InChI=1S/C16H18N4O4S/c1-4-5-13-17-14(24-20-13)9-25-16-19-18-15(23-16)10-6-7-11(21-2)12(8-10)22-3/h6-8H,4-5,9H2,1-3H3. The van der Waals surface area contributed by atoms with Gasteiger partial charge in [-0.05, 0) is 24.6 Å². The Kier molecular flexibility index (Phi) is 5.54. The highest BCUT2D eigenvalue weighted by molar-refractivity contribution is 7.98. The van der Waals surface area contributed by atoms with Gasteiger partial charge in [0.25, 0.3) is 5.22 Å². The van der Waals surface area contributed by atoms with Crippen LogP contribution in [0.15, 0.2) is 32.4 Å². The van der Waals surface area contributed by atoms with E-state index in [1.165, 1.54) is 11.8 Å². The molecule has 3 rings (SSSR count). The fourth-order valence-corrected chi connectivity index (χ4v) is 2.75. The summed E-state index contributed by atoms with van der Waals surface area (Å²) in [6.07, 6.45) is 1.78. The Hall–Kier alpha value is -2.55. The highest BCUT2D eigenvalue weighted by Gasteiger charge is 2.14. The molecule has 1 aromatic carbocycles. The van der Waals surface area contributed by atoms with Crippen molar-refractivity contribution in [1.82, 2.24) is 20.3 Å². The molecule has 0 saturated heterocycles. The second-order valence-corrected chi connectivity index (χ2v) is 6.01. The fourth-order valence-electron chi connectivity index (χ4n) is 2.15. The van der Waals surface area contributed by atoms with Crippen LogP contribution in [0.4, 0.5) is 0 Å². The molecule has 0 spiro atoms. The van der Waals surface area contributed by atoms with Crippen LogP contribution >= 0.6 is 11.8 Å². The van der Waals surface area contributed by atoms with E-state index >= 15 is 0 Å². The number of aromatic nitrogens is 4. The summed E-state index contributed by atoms with van der Waals surface area (Å²) in [6, 6.07) is 5.41. The molecule has 2 heterocycles. The van der Waals surface area contributed by atoms with Crippen LogP contribution in [0.5, 0.6) is 11.5 Å². The van der Waals surface area contributed by atoms with Crippen molar-refractivity contribution in [2.75, 3.05) is 14.2 Å². The first kappa shape index (κ1) is 17.3. The van der Waals surface area contributed by atoms with Crippen LogP contribution in [-0.2, 0) is 12.2 Å². The third-order valence-corrected chi connectivity index (χ3v) is 4.14. The normalized spacial score (nSPS) is 10.8. The molecule has 0 aliphatic carbocycles. The molecule has 0 radical (unpaired) electrons. The van der Waals surface area contributed by atoms with Crippen molar-refractivity contribution in [2.45, 2.75) is 30.7 Å². The lowest BCUT2D eigenvalue weighted by atomic mass is 10.2. The van der Waals surface area contributed by atoms with Crippen molar-refractivity contribution in [3.8, 4) is 23.0 Å². The first-order chi connectivity index (χ1) is 12.2. The molecule has 9 heteroatoms. The molecule has 8 nitrogen and oxygen atoms in total. The number of nitrogens with zero attached hydrogens (tertiary/aromatic N) is 4. The monoisotopic (exact) mass is 362 g/mol. The number of ether oxygens (including phenoxy) is 2. The molecule has 0 unspecified atom stereocenters. The average molecular weight is 362 g/mol. The molecule has 3 aromatic rings. The van der Waals surface area contributed by atoms with Crippen molar-refractivity contribution in [2.24, 2.45) is 0 Å². The molecule has 25 heavy (non-hydrogen) atoms. The van der Waals surface area contributed by atoms with Gasteiger partial charge in [-0.2, -0.15) is 4.98 Å². The molecule has 0 fully saturated rings. The Labute approximate surface area is 148 Å². The van der Waals surface area contributed by atoms with Gasteiger partial charge in [0.1, 0.15) is 0 Å². The first-order valence-corrected chi connectivity index (χ1v) is 8.72. The van der Waals surface area contributed by atoms with E-state index in [1.54, 1.807) is 26.4 Å². The van der Waals surface area contributed by atoms with Gasteiger partial charge in [-0.15, -0.1) is 10.2 Å². The molecule has 0 aliphatic rings. The lowest BCUT2D eigenvalue weighted by molar-refractivity contribution is 0.355. The number of aryl methyl sites for hydroxylation is 1. The maximum Gasteiger partial charge on any atom is 0.277 e. The van der Waals surface area contributed by atoms with Gasteiger partial charge < -0.3 is 18.4 Å². The van der Waals surface area contributed by atoms with Crippen LogP contribution in [0, 0.1) is 0 Å². The molecule has 0 bridgehead atoms. The molecule has 0 amide bonds. The van der Waals surface area contributed by atoms with Crippen LogP contribution in [0.3, 0.4) is 0 Å². The van der Waals surface area contributed by atoms with E-state index in [0.29, 0.717) is 34.3 Å². The van der Waals surface area contributed by atoms with E-state index < -0.39 is 0 Å². The topological polar surface area (TPSA) is 96.3 Å². The van der Waals surface area contributed by atoms with Crippen LogP contribution in [-0.4, -0.2) is 34.6 Å². The molecule has 0 aliphatic heterocycles. The number of hydrogen-bond acceptors (Lipinski definition) is 9. The molecule has 0 saturated carbocycles. The Balaban J connectivity index is 1.67. The van der Waals surface area contributed by atoms with Crippen molar-refractivity contribution in [1.29, 1.82) is 0 Å². The summed E-state index contributed by atoms with van der Waals surface area (Å²) in [5, 5.41) is 12.4. The third-order valence-electron chi connectivity index (χ3n) is 3.34. The minimum absolute atomic E-state index is 0.403. The number of hydrogen-bond donors (Lipinski definition) is 0. The van der Waals surface area contributed by atoms with Crippen LogP contribution in [0.25, 0.3) is 11.5 Å². The zero-order valence-electron chi connectivity index (χ0n) is 14.2. The number of rotatable bonds is 8. The first-order valence-electron chi connectivity index (χ1n) is 7.73. The Morgan fingerprint density at radius 3 is 2.72 bits per heavy atom. The zero-order valence-corrected chi connectivity index (χ0v) is 15.0. The fraction of sp³-hybridized carbons (Fsp3) is 0.375. The maximum atomic E-state index is 5.67. The Bertz CT molecular complexity index is 833. The molecule has 2 aromatic heterocycles. The summed E-state index contributed by atoms with van der Waals surface area (Å²) in [4.78, 5) is 4.30. The smallest absolute Gasteiger partial charge is 0.277 e. The summed E-state index contributed by atoms with van der Waals surface area (Å²) < 4.78 is 21.4. The second-order valence-electron chi connectivity index (χ2n) is 5.09. The van der Waals surface area contributed by atoms with Crippen molar-refractivity contribution >= 4 is 11.8 Å². The summed E-state index contributed by atoms with van der Waals surface area (Å²) >= 11 is 1.35. The van der Waals surface area contributed by atoms with Crippen molar-refractivity contribution in [3.63, 3.8) is 0 Å². The lowest BCUT2D eigenvalue weighted by Gasteiger charge is -2.07. The van der Waals surface area contributed by atoms with Gasteiger partial charge in [-0.25, -0.2) is 0 Å². The molecule has 0 N–H and O–H groups in total. The summed E-state index contributed by atoms with van der Waals surface area (Å²) in [7, 11) is 3.16. The van der Waals surface area contributed by atoms with E-state index in [-0.39, 0.29) is 0 Å². The number of benzene rings is 1. The predicted molar refractivity (Wildman–Crippen MR) is 90.7 cm³/mol. The maximum absolute atomic E-state index is 5.67. The molecular formula is C16H18N4O4S. The lowest BCUT2D eigenvalue weighted by Crippen LogP contribution is -1.90. The largest absolute Gasteiger partial charge is 0.493 e. The van der Waals surface area contributed by atoms with Crippen molar-refractivity contribution < 1.29 is 18.4 Å². The SMILES string of the molecule is CCCc1noc(CSc2nnc(-c3ccc(OC)c(OC)c3)o2)n1. The minimum Gasteiger partial charge on any atom is -0.493 e. The van der Waals surface area contributed by atoms with Crippen LogP contribution < -0.4 is 9.47 Å². The van der Waals surface area contributed by atoms with E-state index in [0.717, 1.165) is 24.2 Å². The molecular weight excluding hydrogens is 344 g/mol. The quantitative estimate of drug-likeness (QED) is 0.559. The number of methoxy groups -OCH3 is 2. The second kappa shape index (κ2) is 8.02. The van der Waals surface area contributed by atoms with E-state index in [1.807, 2.05) is 6.07 Å². The average Bonchev–Trinajstić information content (AvgIpc) is 3.29. The van der Waals surface area contributed by atoms with Gasteiger partial charge in [0.15, 0.2) is 17.3 Å². The van der Waals surface area contributed by atoms with Gasteiger partial charge in [-0.3, -0.25) is 0 Å². The van der Waals surface area contributed by atoms with Crippen LogP contribution in [0.1, 0.15) is 25.1 Å². The zero-order chi connectivity index (χ0) is 17.6. The minimum atomic E-state index is 0.403. The van der Waals surface area contributed by atoms with E-state index in [2.05, 4.69) is 27.3 Å². The van der Waals surface area contributed by atoms with Crippen molar-refractivity contribution in [3.05, 3.63) is 29.9 Å². The third kappa shape index (κ3) is 4.11. The van der Waals surface area contributed by atoms with E-state index in [9.17, 15) is 0 Å². The Morgan fingerprint density at radius 2 is 1.96 bits per heavy atom. The van der Waals surface area contributed by atoms with Crippen LogP contribution in [0.2, 0.25) is 0 Å². The summed E-state index contributed by atoms with van der Waals surface area (Å²) in [5.41, 5.74) is 0.750. The van der Waals surface area contributed by atoms with Gasteiger partial charge in [0, 0.05) is 12.0 Å². The highest BCUT2D eigenvalue weighted by Crippen LogP contribution is 2.32.